The van der Waals surface area contributed by atoms with Crippen molar-refractivity contribution in [3.05, 3.63) is 28.3 Å². The number of nitro benzene ring substituents is 1. The lowest BCUT2D eigenvalue weighted by Crippen LogP contribution is -2.09. The second-order valence-corrected chi connectivity index (χ2v) is 2.14. The van der Waals surface area contributed by atoms with Gasteiger partial charge in [-0.25, -0.2) is 0 Å². The van der Waals surface area contributed by atoms with Crippen LogP contribution in [0.5, 0.6) is 0 Å². The zero-order valence-corrected chi connectivity index (χ0v) is 6.15. The number of hydrogen-bond donors (Lipinski definition) is 3. The number of nitro groups is 1. The number of anilines is 2. The summed E-state index contributed by atoms with van der Waals surface area (Å²) in [5.74, 6) is 5.07. The number of hydrazine groups is 1. The van der Waals surface area contributed by atoms with Gasteiger partial charge in [-0.1, -0.05) is 6.07 Å². The Balaban J connectivity index is 3.23. The summed E-state index contributed by atoms with van der Waals surface area (Å²) < 4.78 is 0. The largest absolute Gasteiger partial charge is 0.391 e. The van der Waals surface area contributed by atoms with Gasteiger partial charge in [-0.3, -0.25) is 16.0 Å². The van der Waals surface area contributed by atoms with E-state index in [9.17, 15) is 10.1 Å². The third kappa shape index (κ3) is 1.28. The van der Waals surface area contributed by atoms with Crippen molar-refractivity contribution in [1.29, 1.82) is 0 Å². The summed E-state index contributed by atoms with van der Waals surface area (Å²) in [7, 11) is 0. The van der Waals surface area contributed by atoms with E-state index in [1.165, 1.54) is 12.1 Å². The number of benzene rings is 1. The molecule has 12 heavy (non-hydrogen) atoms. The van der Waals surface area contributed by atoms with E-state index in [0.29, 0.717) is 5.69 Å². The number of nitrogens with zero attached hydrogens (tertiary/aromatic N) is 1. The van der Waals surface area contributed by atoms with E-state index in [1.54, 1.807) is 6.07 Å². The molecule has 0 saturated heterocycles. The zero-order valence-electron chi connectivity index (χ0n) is 6.15. The summed E-state index contributed by atoms with van der Waals surface area (Å²) in [4.78, 5) is 9.79. The van der Waals surface area contributed by atoms with E-state index in [-0.39, 0.29) is 11.4 Å². The third-order valence-electron chi connectivity index (χ3n) is 1.44. The number of nitrogens with one attached hydrogen (secondary N) is 1. The van der Waals surface area contributed by atoms with Gasteiger partial charge in [0, 0.05) is 6.07 Å². The Labute approximate surface area is 68.3 Å². The van der Waals surface area contributed by atoms with Crippen LogP contribution in [0.4, 0.5) is 17.1 Å². The molecule has 64 valence electrons. The molecule has 1 aromatic carbocycles. The number of hydrogen-bond acceptors (Lipinski definition) is 5. The van der Waals surface area contributed by atoms with Crippen LogP contribution in [0.1, 0.15) is 0 Å². The fraction of sp³-hybridized carbons (Fsp3) is 0. The molecule has 0 saturated carbocycles. The highest BCUT2D eigenvalue weighted by atomic mass is 16.6. The summed E-state index contributed by atoms with van der Waals surface area (Å²) in [5.41, 5.74) is 7.92. The highest BCUT2D eigenvalue weighted by Crippen LogP contribution is 2.27. The topological polar surface area (TPSA) is 107 Å². The van der Waals surface area contributed by atoms with Gasteiger partial charge in [0.25, 0.3) is 5.69 Å². The summed E-state index contributed by atoms with van der Waals surface area (Å²) in [6.07, 6.45) is 0. The van der Waals surface area contributed by atoms with Crippen molar-refractivity contribution in [2.45, 2.75) is 0 Å². The molecule has 0 aliphatic rings. The smallest absolute Gasteiger partial charge is 0.294 e. The first-order valence-corrected chi connectivity index (χ1v) is 3.16. The van der Waals surface area contributed by atoms with Crippen molar-refractivity contribution in [3.63, 3.8) is 0 Å². The van der Waals surface area contributed by atoms with E-state index in [1.807, 2.05) is 0 Å². The quantitative estimate of drug-likeness (QED) is 0.257. The van der Waals surface area contributed by atoms with Crippen molar-refractivity contribution in [2.24, 2.45) is 5.84 Å². The summed E-state index contributed by atoms with van der Waals surface area (Å²) in [5, 5.41) is 10.3. The van der Waals surface area contributed by atoms with Crippen molar-refractivity contribution < 1.29 is 4.92 Å². The van der Waals surface area contributed by atoms with E-state index in [0.717, 1.165) is 0 Å². The predicted molar refractivity (Wildman–Crippen MR) is 45.3 cm³/mol. The molecule has 0 bridgehead atoms. The van der Waals surface area contributed by atoms with Gasteiger partial charge in [0.1, 0.15) is 5.69 Å². The first kappa shape index (κ1) is 8.28. The highest BCUT2D eigenvalue weighted by Gasteiger charge is 2.12. The Morgan fingerprint density at radius 2 is 2.17 bits per heavy atom. The standard InChI is InChI=1S/C6H8N4O2/c7-6-4(9-8)2-1-3-5(6)10(11)12/h1-3,9H,7-8H2. The molecule has 0 spiro atoms. The van der Waals surface area contributed by atoms with Crippen LogP contribution in [0.2, 0.25) is 0 Å². The molecular weight excluding hydrogens is 160 g/mol. The lowest BCUT2D eigenvalue weighted by Gasteiger charge is -2.03. The van der Waals surface area contributed by atoms with Crippen LogP contribution in [-0.2, 0) is 0 Å². The minimum Gasteiger partial charge on any atom is -0.391 e. The first-order chi connectivity index (χ1) is 5.66. The Morgan fingerprint density at radius 3 is 2.67 bits per heavy atom. The van der Waals surface area contributed by atoms with Gasteiger partial charge in [0.05, 0.1) is 10.6 Å². The third-order valence-corrected chi connectivity index (χ3v) is 1.44. The maximum atomic E-state index is 10.3. The number of nitrogen functional groups attached to an aromatic ring is 2. The Bertz CT molecular complexity index is 312. The fourth-order valence-corrected chi connectivity index (χ4v) is 0.838. The average Bonchev–Trinajstić information content (AvgIpc) is 2.04. The average molecular weight is 168 g/mol. The van der Waals surface area contributed by atoms with Gasteiger partial charge in [0.15, 0.2) is 0 Å². The van der Waals surface area contributed by atoms with Crippen LogP contribution in [0, 0.1) is 10.1 Å². The van der Waals surface area contributed by atoms with Crippen LogP contribution < -0.4 is 17.0 Å². The van der Waals surface area contributed by atoms with E-state index in [2.05, 4.69) is 5.43 Å². The molecule has 0 heterocycles. The van der Waals surface area contributed by atoms with Crippen LogP contribution in [0.25, 0.3) is 0 Å². The van der Waals surface area contributed by atoms with Crippen molar-refractivity contribution in [1.82, 2.24) is 0 Å². The lowest BCUT2D eigenvalue weighted by atomic mass is 10.2. The Hall–Kier alpha value is -1.82. The second-order valence-electron chi connectivity index (χ2n) is 2.14. The molecule has 5 N–H and O–H groups in total. The maximum Gasteiger partial charge on any atom is 0.294 e. The Morgan fingerprint density at radius 1 is 1.50 bits per heavy atom. The van der Waals surface area contributed by atoms with E-state index >= 15 is 0 Å². The van der Waals surface area contributed by atoms with Crippen molar-refractivity contribution in [2.75, 3.05) is 11.2 Å². The predicted octanol–water partition coefficient (Wildman–Crippen LogP) is 0.463. The summed E-state index contributed by atoms with van der Waals surface area (Å²) in [6.45, 7) is 0. The van der Waals surface area contributed by atoms with Gasteiger partial charge in [-0.15, -0.1) is 0 Å². The minimum atomic E-state index is -0.559. The molecule has 0 atom stereocenters. The van der Waals surface area contributed by atoms with Gasteiger partial charge < -0.3 is 11.2 Å². The number of rotatable bonds is 2. The summed E-state index contributed by atoms with van der Waals surface area (Å²) in [6, 6.07) is 4.38. The van der Waals surface area contributed by atoms with Crippen molar-refractivity contribution in [3.8, 4) is 0 Å². The molecule has 6 nitrogen and oxygen atoms in total. The SMILES string of the molecule is NNc1cccc([N+](=O)[O-])c1N. The molecule has 1 aromatic rings. The summed E-state index contributed by atoms with van der Waals surface area (Å²) >= 11 is 0. The van der Waals surface area contributed by atoms with E-state index < -0.39 is 4.92 Å². The first-order valence-electron chi connectivity index (χ1n) is 3.16. The van der Waals surface area contributed by atoms with Gasteiger partial charge in [0.2, 0.25) is 0 Å². The van der Waals surface area contributed by atoms with Gasteiger partial charge in [-0.05, 0) is 6.07 Å². The van der Waals surface area contributed by atoms with Crippen molar-refractivity contribution >= 4 is 17.1 Å². The van der Waals surface area contributed by atoms with Gasteiger partial charge in [-0.2, -0.15) is 0 Å². The van der Waals surface area contributed by atoms with Crippen LogP contribution >= 0.6 is 0 Å². The maximum absolute atomic E-state index is 10.3. The minimum absolute atomic E-state index is 0.0463. The normalized spacial score (nSPS) is 9.42. The molecular formula is C6H8N4O2. The molecule has 0 fully saturated rings. The monoisotopic (exact) mass is 168 g/mol. The van der Waals surface area contributed by atoms with E-state index in [4.69, 9.17) is 11.6 Å². The number of para-hydroxylation sites is 1. The lowest BCUT2D eigenvalue weighted by molar-refractivity contribution is -0.383. The van der Waals surface area contributed by atoms with Crippen LogP contribution in [-0.4, -0.2) is 4.92 Å². The molecule has 0 aromatic heterocycles. The molecule has 0 aliphatic carbocycles. The fourth-order valence-electron chi connectivity index (χ4n) is 0.838. The van der Waals surface area contributed by atoms with Crippen LogP contribution in [0.3, 0.4) is 0 Å². The van der Waals surface area contributed by atoms with Gasteiger partial charge >= 0.3 is 0 Å². The Kier molecular flexibility index (Phi) is 2.11. The molecule has 1 rings (SSSR count). The highest BCUT2D eigenvalue weighted by molar-refractivity contribution is 5.75. The molecule has 0 unspecified atom stereocenters. The molecule has 6 heteroatoms. The van der Waals surface area contributed by atoms with Crippen LogP contribution in [0.15, 0.2) is 18.2 Å². The zero-order chi connectivity index (χ0) is 9.14. The number of nitrogens with two attached hydrogens (primary N) is 2. The second kappa shape index (κ2) is 3.05. The molecule has 0 amide bonds. The molecule has 0 aliphatic heterocycles. The molecule has 0 radical (unpaired) electrons.